The molecule has 1 fully saturated rings. The van der Waals surface area contributed by atoms with Crippen molar-refractivity contribution in [2.24, 2.45) is 11.7 Å². The molecule has 2 atom stereocenters. The summed E-state index contributed by atoms with van der Waals surface area (Å²) in [5, 5.41) is 0. The second-order valence-corrected chi connectivity index (χ2v) is 10.0. The summed E-state index contributed by atoms with van der Waals surface area (Å²) in [7, 11) is -2.31. The van der Waals surface area contributed by atoms with Crippen molar-refractivity contribution in [1.82, 2.24) is 0 Å². The van der Waals surface area contributed by atoms with E-state index in [2.05, 4.69) is 0 Å². The van der Waals surface area contributed by atoms with E-state index in [-0.39, 0.29) is 22.3 Å². The van der Waals surface area contributed by atoms with Gasteiger partial charge < -0.3 is 20.1 Å². The minimum atomic E-state index is -3.54. The van der Waals surface area contributed by atoms with Crippen molar-refractivity contribution in [3.63, 3.8) is 0 Å². The van der Waals surface area contributed by atoms with Gasteiger partial charge in [0.1, 0.15) is 5.60 Å². The molecule has 2 rings (SSSR count). The van der Waals surface area contributed by atoms with Crippen LogP contribution in [0, 0.1) is 5.92 Å². The van der Waals surface area contributed by atoms with E-state index in [9.17, 15) is 18.0 Å². The number of hydrogen-bond acceptors (Lipinski definition) is 8. The van der Waals surface area contributed by atoms with E-state index in [4.69, 9.17) is 15.2 Å². The predicted octanol–water partition coefficient (Wildman–Crippen LogP) is 1.72. The molecule has 1 aromatic rings. The summed E-state index contributed by atoms with van der Waals surface area (Å²) in [6.45, 7) is 5.86. The van der Waals surface area contributed by atoms with Crippen LogP contribution in [0.25, 0.3) is 0 Å². The van der Waals surface area contributed by atoms with Crippen LogP contribution in [0.4, 0.5) is 5.69 Å². The zero-order valence-corrected chi connectivity index (χ0v) is 17.7. The SMILES string of the molecule is COC(=O)c1cc(N2CCC(C(=O)OC(C)(C)C)CC2N)cc(S(C)(=O)=O)c1. The number of sulfone groups is 1. The number of nitrogens with zero attached hydrogens (tertiary/aromatic N) is 1. The molecule has 0 saturated carbocycles. The molecule has 9 heteroatoms. The summed E-state index contributed by atoms with van der Waals surface area (Å²) in [6.07, 6.45) is 1.43. The minimum Gasteiger partial charge on any atom is -0.465 e. The van der Waals surface area contributed by atoms with Crippen LogP contribution in [0.15, 0.2) is 23.1 Å². The first-order chi connectivity index (χ1) is 12.8. The molecule has 0 spiro atoms. The van der Waals surface area contributed by atoms with Crippen molar-refractivity contribution in [1.29, 1.82) is 0 Å². The molecule has 0 radical (unpaired) electrons. The fourth-order valence-corrected chi connectivity index (χ4v) is 3.79. The Kier molecular flexibility index (Phi) is 6.40. The zero-order valence-electron chi connectivity index (χ0n) is 16.9. The number of rotatable bonds is 4. The smallest absolute Gasteiger partial charge is 0.337 e. The van der Waals surface area contributed by atoms with Gasteiger partial charge in [0.25, 0.3) is 0 Å². The molecule has 1 aliphatic heterocycles. The summed E-state index contributed by atoms with van der Waals surface area (Å²) in [5.41, 5.74) is 6.33. The largest absolute Gasteiger partial charge is 0.465 e. The number of nitrogens with two attached hydrogens (primary N) is 1. The van der Waals surface area contributed by atoms with Crippen molar-refractivity contribution in [3.05, 3.63) is 23.8 Å². The molecule has 2 unspecified atom stereocenters. The summed E-state index contributed by atoms with van der Waals surface area (Å²) in [4.78, 5) is 26.1. The molecule has 2 N–H and O–H groups in total. The topological polar surface area (TPSA) is 116 Å². The van der Waals surface area contributed by atoms with Crippen LogP contribution < -0.4 is 10.6 Å². The van der Waals surface area contributed by atoms with Crippen LogP contribution in [0.5, 0.6) is 0 Å². The molecule has 156 valence electrons. The quantitative estimate of drug-likeness (QED) is 0.743. The first-order valence-electron chi connectivity index (χ1n) is 9.00. The van der Waals surface area contributed by atoms with E-state index in [1.807, 2.05) is 20.8 Å². The lowest BCUT2D eigenvalue weighted by atomic mass is 9.93. The summed E-state index contributed by atoms with van der Waals surface area (Å²) in [5.74, 6) is -1.25. The lowest BCUT2D eigenvalue weighted by Gasteiger charge is -2.39. The van der Waals surface area contributed by atoms with Crippen molar-refractivity contribution < 1.29 is 27.5 Å². The first kappa shape index (κ1) is 22.2. The normalized spacial score (nSPS) is 20.6. The lowest BCUT2D eigenvalue weighted by Crippen LogP contribution is -2.50. The van der Waals surface area contributed by atoms with Gasteiger partial charge in [0.2, 0.25) is 0 Å². The van der Waals surface area contributed by atoms with E-state index >= 15 is 0 Å². The highest BCUT2D eigenvalue weighted by Crippen LogP contribution is 2.30. The maximum Gasteiger partial charge on any atom is 0.337 e. The van der Waals surface area contributed by atoms with Gasteiger partial charge in [-0.2, -0.15) is 0 Å². The van der Waals surface area contributed by atoms with Crippen LogP contribution in [-0.4, -0.2) is 52.0 Å². The van der Waals surface area contributed by atoms with Gasteiger partial charge >= 0.3 is 11.9 Å². The fourth-order valence-electron chi connectivity index (χ4n) is 3.12. The Hall–Kier alpha value is -2.13. The number of piperidine rings is 1. The van der Waals surface area contributed by atoms with Gasteiger partial charge in [0, 0.05) is 18.5 Å². The Bertz CT molecular complexity index is 860. The van der Waals surface area contributed by atoms with Gasteiger partial charge in [-0.1, -0.05) is 0 Å². The number of benzene rings is 1. The van der Waals surface area contributed by atoms with E-state index in [0.717, 1.165) is 6.26 Å². The van der Waals surface area contributed by atoms with Gasteiger partial charge in [0.05, 0.1) is 29.7 Å². The summed E-state index contributed by atoms with van der Waals surface area (Å²) < 4.78 is 34.2. The van der Waals surface area contributed by atoms with Crippen molar-refractivity contribution in [2.75, 3.05) is 24.8 Å². The minimum absolute atomic E-state index is 0.00636. The number of ether oxygens (including phenoxy) is 2. The third kappa shape index (κ3) is 5.45. The van der Waals surface area contributed by atoms with Crippen molar-refractivity contribution >= 4 is 27.5 Å². The Morgan fingerprint density at radius 3 is 2.36 bits per heavy atom. The zero-order chi connectivity index (χ0) is 21.3. The lowest BCUT2D eigenvalue weighted by molar-refractivity contribution is -0.161. The molecule has 1 aliphatic rings. The molecule has 28 heavy (non-hydrogen) atoms. The van der Waals surface area contributed by atoms with E-state index in [1.165, 1.54) is 19.2 Å². The van der Waals surface area contributed by atoms with Gasteiger partial charge in [-0.05, 0) is 51.8 Å². The molecular formula is C19H28N2O6S. The summed E-state index contributed by atoms with van der Waals surface area (Å²) >= 11 is 0. The molecule has 1 saturated heterocycles. The Morgan fingerprint density at radius 2 is 1.86 bits per heavy atom. The Labute approximate surface area is 165 Å². The number of carbonyl (C=O) groups excluding carboxylic acids is 2. The van der Waals surface area contributed by atoms with Crippen molar-refractivity contribution in [2.45, 2.75) is 50.3 Å². The van der Waals surface area contributed by atoms with E-state index in [0.29, 0.717) is 25.1 Å². The average Bonchev–Trinajstić information content (AvgIpc) is 2.58. The number of hydrogen-bond donors (Lipinski definition) is 1. The molecule has 8 nitrogen and oxygen atoms in total. The van der Waals surface area contributed by atoms with Crippen molar-refractivity contribution in [3.8, 4) is 0 Å². The molecule has 1 aromatic carbocycles. The Morgan fingerprint density at radius 1 is 1.21 bits per heavy atom. The van der Waals surface area contributed by atoms with Gasteiger partial charge in [-0.15, -0.1) is 0 Å². The van der Waals surface area contributed by atoms with Gasteiger partial charge in [-0.3, -0.25) is 4.79 Å². The highest BCUT2D eigenvalue weighted by molar-refractivity contribution is 7.90. The molecule has 0 amide bonds. The highest BCUT2D eigenvalue weighted by atomic mass is 32.2. The van der Waals surface area contributed by atoms with Crippen LogP contribution in [0.1, 0.15) is 44.0 Å². The van der Waals surface area contributed by atoms with Crippen LogP contribution in [0.2, 0.25) is 0 Å². The molecule has 0 bridgehead atoms. The predicted molar refractivity (Wildman–Crippen MR) is 105 cm³/mol. The Balaban J connectivity index is 2.28. The van der Waals surface area contributed by atoms with Gasteiger partial charge in [-0.25, -0.2) is 13.2 Å². The van der Waals surface area contributed by atoms with Crippen LogP contribution >= 0.6 is 0 Å². The first-order valence-corrected chi connectivity index (χ1v) is 10.9. The van der Waals surface area contributed by atoms with E-state index in [1.54, 1.807) is 11.0 Å². The molecule has 0 aliphatic carbocycles. The van der Waals surface area contributed by atoms with E-state index < -0.39 is 27.6 Å². The second kappa shape index (κ2) is 8.08. The van der Waals surface area contributed by atoms with Crippen LogP contribution in [0.3, 0.4) is 0 Å². The maximum atomic E-state index is 12.3. The summed E-state index contributed by atoms with van der Waals surface area (Å²) in [6, 6.07) is 4.31. The number of carbonyl (C=O) groups is 2. The third-order valence-corrected chi connectivity index (χ3v) is 5.55. The third-order valence-electron chi connectivity index (χ3n) is 4.46. The maximum absolute atomic E-state index is 12.3. The highest BCUT2D eigenvalue weighted by Gasteiger charge is 2.33. The number of methoxy groups -OCH3 is 1. The van der Waals surface area contributed by atoms with Crippen LogP contribution in [-0.2, 0) is 24.1 Å². The molecular weight excluding hydrogens is 384 g/mol. The van der Waals surface area contributed by atoms with Gasteiger partial charge in [0.15, 0.2) is 9.84 Å². The number of esters is 2. The molecule has 0 aromatic heterocycles. The average molecular weight is 413 g/mol. The monoisotopic (exact) mass is 412 g/mol. The number of anilines is 1. The molecule has 1 heterocycles. The standard InChI is InChI=1S/C19H28N2O6S/c1-19(2,3)27-18(23)12-6-7-21(16(20)10-12)14-8-13(17(22)26-4)9-15(11-14)28(5,24)25/h8-9,11-12,16H,6-7,10,20H2,1-5H3. The fraction of sp³-hybridized carbons (Fsp3) is 0.579. The second-order valence-electron chi connectivity index (χ2n) is 7.99.